The number of aliphatic hydroxyl groups excluding tert-OH is 1. The molecule has 1 aliphatic rings. The Bertz CT molecular complexity index is 612. The normalized spacial score (nSPS) is 15.5. The van der Waals surface area contributed by atoms with Crippen molar-refractivity contribution in [2.24, 2.45) is 0 Å². The van der Waals surface area contributed by atoms with Crippen LogP contribution in [0.15, 0.2) is 36.5 Å². The highest BCUT2D eigenvalue weighted by Gasteiger charge is 2.16. The quantitative estimate of drug-likeness (QED) is 0.912. The first kappa shape index (κ1) is 12.9. The summed E-state index contributed by atoms with van der Waals surface area (Å²) in [5, 5.41) is 10.5. The van der Waals surface area contributed by atoms with Gasteiger partial charge >= 0.3 is 0 Å². The smallest absolute Gasteiger partial charge is 0.161 e. The van der Waals surface area contributed by atoms with Crippen molar-refractivity contribution in [3.8, 4) is 11.5 Å². The van der Waals surface area contributed by atoms with Gasteiger partial charge in [0.25, 0.3) is 0 Å². The topological polar surface area (TPSA) is 51.6 Å². The Morgan fingerprint density at radius 1 is 1.05 bits per heavy atom. The van der Waals surface area contributed by atoms with Crippen LogP contribution in [0.4, 0.5) is 0 Å². The van der Waals surface area contributed by atoms with Gasteiger partial charge < -0.3 is 14.6 Å². The molecule has 1 aromatic carbocycles. The Kier molecular flexibility index (Phi) is 3.56. The lowest BCUT2D eigenvalue weighted by molar-refractivity contribution is 0.219. The van der Waals surface area contributed by atoms with Crippen molar-refractivity contribution in [1.82, 2.24) is 4.98 Å². The molecule has 1 aliphatic heterocycles. The first-order chi connectivity index (χ1) is 9.74. The van der Waals surface area contributed by atoms with Crippen LogP contribution in [0.3, 0.4) is 0 Å². The third-order valence-corrected chi connectivity index (χ3v) is 3.32. The summed E-state index contributed by atoms with van der Waals surface area (Å²) in [6.45, 7) is 3.21. The van der Waals surface area contributed by atoms with Crippen molar-refractivity contribution in [2.75, 3.05) is 13.2 Å². The van der Waals surface area contributed by atoms with Crippen LogP contribution in [-0.4, -0.2) is 23.3 Å². The van der Waals surface area contributed by atoms with E-state index in [1.54, 1.807) is 6.20 Å². The summed E-state index contributed by atoms with van der Waals surface area (Å²) in [5.74, 6) is 1.44. The largest absolute Gasteiger partial charge is 0.490 e. The van der Waals surface area contributed by atoms with Gasteiger partial charge in [0, 0.05) is 18.3 Å². The molecule has 0 spiro atoms. The number of aliphatic hydroxyl groups is 1. The molecule has 2 heterocycles. The van der Waals surface area contributed by atoms with Crippen LogP contribution in [0.1, 0.15) is 29.3 Å². The highest BCUT2D eigenvalue weighted by Crippen LogP contribution is 2.33. The van der Waals surface area contributed by atoms with Crippen LogP contribution in [0.2, 0.25) is 0 Å². The number of ether oxygens (including phenoxy) is 2. The molecule has 0 bridgehead atoms. The minimum atomic E-state index is -0.686. The first-order valence-corrected chi connectivity index (χ1v) is 6.74. The van der Waals surface area contributed by atoms with Crippen LogP contribution < -0.4 is 9.47 Å². The van der Waals surface area contributed by atoms with Gasteiger partial charge in [-0.2, -0.15) is 0 Å². The minimum absolute atomic E-state index is 0.640. The Hall–Kier alpha value is -2.07. The van der Waals surface area contributed by atoms with Crippen molar-refractivity contribution in [3.05, 3.63) is 53.3 Å². The summed E-state index contributed by atoms with van der Waals surface area (Å²) < 4.78 is 11.2. The molecule has 1 N–H and O–H groups in total. The van der Waals surface area contributed by atoms with Gasteiger partial charge in [0.1, 0.15) is 6.10 Å². The van der Waals surface area contributed by atoms with Crippen molar-refractivity contribution in [1.29, 1.82) is 0 Å². The van der Waals surface area contributed by atoms with Crippen molar-refractivity contribution < 1.29 is 14.6 Å². The van der Waals surface area contributed by atoms with Crippen LogP contribution in [0.25, 0.3) is 0 Å². The molecule has 104 valence electrons. The van der Waals surface area contributed by atoms with E-state index in [1.807, 2.05) is 37.3 Å². The van der Waals surface area contributed by atoms with E-state index in [0.717, 1.165) is 29.0 Å². The molecule has 1 unspecified atom stereocenters. The zero-order chi connectivity index (χ0) is 13.9. The summed E-state index contributed by atoms with van der Waals surface area (Å²) in [6, 6.07) is 9.27. The van der Waals surface area contributed by atoms with E-state index >= 15 is 0 Å². The summed E-state index contributed by atoms with van der Waals surface area (Å²) in [5.41, 5.74) is 2.50. The molecule has 0 radical (unpaired) electrons. The fourth-order valence-corrected chi connectivity index (χ4v) is 2.28. The van der Waals surface area contributed by atoms with E-state index in [2.05, 4.69) is 4.98 Å². The molecule has 3 rings (SSSR count). The van der Waals surface area contributed by atoms with E-state index in [9.17, 15) is 5.11 Å². The Balaban J connectivity index is 1.92. The Morgan fingerprint density at radius 2 is 1.80 bits per heavy atom. The number of pyridine rings is 1. The molecule has 1 atom stereocenters. The van der Waals surface area contributed by atoms with E-state index in [4.69, 9.17) is 9.47 Å². The molecule has 20 heavy (non-hydrogen) atoms. The second-order valence-electron chi connectivity index (χ2n) is 4.89. The molecular formula is C16H17NO3. The van der Waals surface area contributed by atoms with Gasteiger partial charge in [-0.3, -0.25) is 4.98 Å². The third-order valence-electron chi connectivity index (χ3n) is 3.32. The maximum Gasteiger partial charge on any atom is 0.161 e. The van der Waals surface area contributed by atoms with Crippen LogP contribution >= 0.6 is 0 Å². The van der Waals surface area contributed by atoms with Crippen LogP contribution in [0.5, 0.6) is 11.5 Å². The van der Waals surface area contributed by atoms with Crippen molar-refractivity contribution in [2.45, 2.75) is 19.4 Å². The van der Waals surface area contributed by atoms with Gasteiger partial charge in [0.2, 0.25) is 0 Å². The molecule has 1 aromatic heterocycles. The fourth-order valence-electron chi connectivity index (χ4n) is 2.28. The lowest BCUT2D eigenvalue weighted by Crippen LogP contribution is -2.02. The van der Waals surface area contributed by atoms with Gasteiger partial charge in [-0.1, -0.05) is 6.07 Å². The molecule has 0 saturated carbocycles. The number of aromatic nitrogens is 1. The number of rotatable bonds is 2. The highest BCUT2D eigenvalue weighted by molar-refractivity contribution is 5.45. The number of aryl methyl sites for hydroxylation is 1. The summed E-state index contributed by atoms with van der Waals surface area (Å²) in [7, 11) is 0. The zero-order valence-corrected chi connectivity index (χ0v) is 11.4. The average molecular weight is 271 g/mol. The van der Waals surface area contributed by atoms with Crippen molar-refractivity contribution in [3.63, 3.8) is 0 Å². The third kappa shape index (κ3) is 2.60. The predicted octanol–water partition coefficient (Wildman–Crippen LogP) is 2.63. The molecular weight excluding hydrogens is 254 g/mol. The fraction of sp³-hybridized carbons (Fsp3) is 0.312. The molecule has 0 fully saturated rings. The number of nitrogens with zero attached hydrogens (tertiary/aromatic N) is 1. The van der Waals surface area contributed by atoms with Gasteiger partial charge in [-0.05, 0) is 42.3 Å². The molecule has 0 aliphatic carbocycles. The predicted molar refractivity (Wildman–Crippen MR) is 75.1 cm³/mol. The molecule has 4 heteroatoms. The molecule has 0 saturated heterocycles. The zero-order valence-electron chi connectivity index (χ0n) is 11.4. The van der Waals surface area contributed by atoms with E-state index in [0.29, 0.717) is 19.0 Å². The lowest BCUT2D eigenvalue weighted by Gasteiger charge is -2.14. The molecule has 4 nitrogen and oxygen atoms in total. The first-order valence-electron chi connectivity index (χ1n) is 6.74. The maximum atomic E-state index is 10.5. The van der Waals surface area contributed by atoms with E-state index < -0.39 is 6.10 Å². The Labute approximate surface area is 118 Å². The lowest BCUT2D eigenvalue weighted by atomic mass is 10.0. The standard InChI is InChI=1S/C16H17NO3/c1-11-9-13(5-6-17-11)16(18)12-3-4-14-15(10-12)20-8-2-7-19-14/h3-6,9-10,16,18H,2,7-8H2,1H3. The van der Waals surface area contributed by atoms with Gasteiger partial charge in [0.05, 0.1) is 13.2 Å². The average Bonchev–Trinajstić information content (AvgIpc) is 2.71. The second-order valence-corrected chi connectivity index (χ2v) is 4.89. The van der Waals surface area contributed by atoms with Crippen molar-refractivity contribution >= 4 is 0 Å². The number of hydrogen-bond donors (Lipinski definition) is 1. The number of fused-ring (bicyclic) bond motifs is 1. The van der Waals surface area contributed by atoms with Gasteiger partial charge in [0.15, 0.2) is 11.5 Å². The Morgan fingerprint density at radius 3 is 2.60 bits per heavy atom. The molecule has 2 aromatic rings. The van der Waals surface area contributed by atoms with Gasteiger partial charge in [-0.15, -0.1) is 0 Å². The number of hydrogen-bond acceptors (Lipinski definition) is 4. The SMILES string of the molecule is Cc1cc(C(O)c2ccc3c(c2)OCCCO3)ccn1. The monoisotopic (exact) mass is 271 g/mol. The minimum Gasteiger partial charge on any atom is -0.490 e. The second kappa shape index (κ2) is 5.51. The summed E-state index contributed by atoms with van der Waals surface area (Å²) in [6.07, 6.45) is 1.89. The highest BCUT2D eigenvalue weighted by atomic mass is 16.5. The molecule has 0 amide bonds. The van der Waals surface area contributed by atoms with E-state index in [-0.39, 0.29) is 0 Å². The maximum absolute atomic E-state index is 10.5. The summed E-state index contributed by atoms with van der Waals surface area (Å²) in [4.78, 5) is 4.14. The number of benzene rings is 1. The summed E-state index contributed by atoms with van der Waals surface area (Å²) >= 11 is 0. The van der Waals surface area contributed by atoms with Gasteiger partial charge in [-0.25, -0.2) is 0 Å². The van der Waals surface area contributed by atoms with Crippen LogP contribution in [-0.2, 0) is 0 Å². The van der Waals surface area contributed by atoms with Crippen LogP contribution in [0, 0.1) is 6.92 Å². The van der Waals surface area contributed by atoms with E-state index in [1.165, 1.54) is 0 Å².